The van der Waals surface area contributed by atoms with Gasteiger partial charge in [0.1, 0.15) is 11.3 Å². The van der Waals surface area contributed by atoms with E-state index in [1.54, 1.807) is 12.1 Å². The first-order valence-electron chi connectivity index (χ1n) is 8.69. The number of aromatic nitrogens is 2. The number of hydrogen-bond donors (Lipinski definition) is 0. The fourth-order valence-corrected chi connectivity index (χ4v) is 4.02. The van der Waals surface area contributed by atoms with Crippen molar-refractivity contribution < 1.29 is 4.79 Å². The Kier molecular flexibility index (Phi) is 6.83. The smallest absolute Gasteiger partial charge is 0.208 e. The van der Waals surface area contributed by atoms with Gasteiger partial charge in [0, 0.05) is 39.8 Å². The number of rotatable bonds is 8. The van der Waals surface area contributed by atoms with Crippen LogP contribution in [0.5, 0.6) is 0 Å². The number of nitrogens with zero attached hydrogens (tertiary/aromatic N) is 3. The Hall–Kier alpha value is -1.95. The first kappa shape index (κ1) is 19.8. The lowest BCUT2D eigenvalue weighted by atomic mass is 10.2. The highest BCUT2D eigenvalue weighted by Gasteiger charge is 2.17. The van der Waals surface area contributed by atoms with Crippen molar-refractivity contribution in [3.05, 3.63) is 63.6 Å². The summed E-state index contributed by atoms with van der Waals surface area (Å²) >= 11 is 14.2. The predicted molar refractivity (Wildman–Crippen MR) is 113 cm³/mol. The summed E-state index contributed by atoms with van der Waals surface area (Å²) in [6.07, 6.45) is 2.94. The number of anilines is 1. The van der Waals surface area contributed by atoms with Crippen LogP contribution < -0.4 is 4.90 Å². The molecule has 0 N–H and O–H groups in total. The van der Waals surface area contributed by atoms with Gasteiger partial charge >= 0.3 is 0 Å². The monoisotopic (exact) mass is 419 g/mol. The minimum Gasteiger partial charge on any atom is -0.342 e. The molecule has 0 unspecified atom stereocenters. The first-order chi connectivity index (χ1) is 13.1. The highest BCUT2D eigenvalue weighted by molar-refractivity contribution is 7.18. The van der Waals surface area contributed by atoms with E-state index in [-0.39, 0.29) is 0 Å². The molecular formula is C20H19Cl2N3OS. The van der Waals surface area contributed by atoms with E-state index in [1.807, 2.05) is 30.3 Å². The van der Waals surface area contributed by atoms with Crippen LogP contribution in [0.15, 0.2) is 42.5 Å². The zero-order chi connectivity index (χ0) is 19.2. The minimum absolute atomic E-state index is 0.581. The maximum atomic E-state index is 10.8. The van der Waals surface area contributed by atoms with E-state index in [2.05, 4.69) is 22.0 Å². The van der Waals surface area contributed by atoms with Gasteiger partial charge < -0.3 is 4.90 Å². The van der Waals surface area contributed by atoms with Crippen LogP contribution in [-0.2, 0) is 6.54 Å². The van der Waals surface area contributed by atoms with Crippen molar-refractivity contribution in [2.45, 2.75) is 26.3 Å². The Labute approximate surface area is 172 Å². The Morgan fingerprint density at radius 3 is 2.41 bits per heavy atom. The minimum atomic E-state index is 0.581. The normalized spacial score (nSPS) is 10.8. The molecule has 0 bridgehead atoms. The molecule has 0 aliphatic heterocycles. The summed E-state index contributed by atoms with van der Waals surface area (Å²) in [4.78, 5) is 13.0. The lowest BCUT2D eigenvalue weighted by Gasteiger charge is -2.22. The number of carbonyl (C=O) groups is 1. The van der Waals surface area contributed by atoms with Gasteiger partial charge in [0.25, 0.3) is 0 Å². The van der Waals surface area contributed by atoms with Gasteiger partial charge in [-0.3, -0.25) is 4.79 Å². The van der Waals surface area contributed by atoms with Gasteiger partial charge in [-0.05, 0) is 18.6 Å². The molecule has 1 heterocycles. The second kappa shape index (κ2) is 9.31. The molecule has 1 aromatic heterocycles. The molecule has 0 saturated heterocycles. The molecule has 3 aromatic rings. The van der Waals surface area contributed by atoms with Crippen molar-refractivity contribution in [1.82, 2.24) is 10.2 Å². The van der Waals surface area contributed by atoms with Crippen LogP contribution in [0.4, 0.5) is 5.13 Å². The van der Waals surface area contributed by atoms with E-state index >= 15 is 0 Å². The molecule has 7 heteroatoms. The zero-order valence-electron chi connectivity index (χ0n) is 14.9. The third-order valence-corrected chi connectivity index (χ3v) is 5.91. The van der Waals surface area contributed by atoms with Crippen LogP contribution in [0, 0.1) is 0 Å². The Morgan fingerprint density at radius 1 is 1.07 bits per heavy atom. The van der Waals surface area contributed by atoms with Crippen LogP contribution >= 0.6 is 34.5 Å². The maximum absolute atomic E-state index is 10.8. The predicted octanol–water partition coefficient (Wildman–Crippen LogP) is 6.13. The molecule has 4 nitrogen and oxygen atoms in total. The Morgan fingerprint density at radius 2 is 1.78 bits per heavy atom. The Bertz CT molecular complexity index is 892. The molecule has 0 saturated carbocycles. The van der Waals surface area contributed by atoms with E-state index in [0.29, 0.717) is 22.2 Å². The van der Waals surface area contributed by atoms with E-state index in [4.69, 9.17) is 23.2 Å². The summed E-state index contributed by atoms with van der Waals surface area (Å²) in [6.45, 7) is 3.58. The van der Waals surface area contributed by atoms with Crippen LogP contribution in [0.3, 0.4) is 0 Å². The summed E-state index contributed by atoms with van der Waals surface area (Å²) in [5.41, 5.74) is 2.47. The molecule has 27 heavy (non-hydrogen) atoms. The van der Waals surface area contributed by atoms with Crippen molar-refractivity contribution in [2.75, 3.05) is 11.4 Å². The molecule has 3 rings (SSSR count). The quantitative estimate of drug-likeness (QED) is 0.411. The second-order valence-corrected chi connectivity index (χ2v) is 7.88. The SMILES string of the molecule is CCCCN(Cc1c(Cl)cccc1Cl)c1nnc(-c2ccc(C=O)cc2)s1. The largest absolute Gasteiger partial charge is 0.342 e. The fourth-order valence-electron chi connectivity index (χ4n) is 2.63. The average molecular weight is 420 g/mol. The molecule has 0 spiro atoms. The molecule has 0 amide bonds. The van der Waals surface area contributed by atoms with Gasteiger partial charge in [-0.25, -0.2) is 0 Å². The molecule has 2 aromatic carbocycles. The highest BCUT2D eigenvalue weighted by Crippen LogP contribution is 2.32. The second-order valence-electron chi connectivity index (χ2n) is 6.10. The van der Waals surface area contributed by atoms with Crippen LogP contribution in [0.1, 0.15) is 35.7 Å². The van der Waals surface area contributed by atoms with Crippen LogP contribution in [-0.4, -0.2) is 23.0 Å². The Balaban J connectivity index is 1.87. The maximum Gasteiger partial charge on any atom is 0.208 e. The number of halogens is 2. The fraction of sp³-hybridized carbons (Fsp3) is 0.250. The number of hydrogen-bond acceptors (Lipinski definition) is 5. The van der Waals surface area contributed by atoms with Crippen molar-refractivity contribution in [1.29, 1.82) is 0 Å². The summed E-state index contributed by atoms with van der Waals surface area (Å²) in [6, 6.07) is 12.9. The zero-order valence-corrected chi connectivity index (χ0v) is 17.2. The van der Waals surface area contributed by atoms with Gasteiger partial charge in [0.2, 0.25) is 5.13 Å². The molecule has 140 valence electrons. The summed E-state index contributed by atoms with van der Waals surface area (Å²) in [5, 5.41) is 11.7. The van der Waals surface area contributed by atoms with Crippen molar-refractivity contribution in [3.8, 4) is 10.6 Å². The lowest BCUT2D eigenvalue weighted by Crippen LogP contribution is -2.24. The van der Waals surface area contributed by atoms with Crippen molar-refractivity contribution in [2.24, 2.45) is 0 Å². The number of aldehydes is 1. The summed E-state index contributed by atoms with van der Waals surface area (Å²) < 4.78 is 0. The number of benzene rings is 2. The van der Waals surface area contributed by atoms with E-state index < -0.39 is 0 Å². The molecule has 0 atom stereocenters. The molecular weight excluding hydrogens is 401 g/mol. The third kappa shape index (κ3) is 4.86. The van der Waals surface area contributed by atoms with Gasteiger partial charge in [-0.15, -0.1) is 10.2 Å². The average Bonchev–Trinajstić information content (AvgIpc) is 3.17. The first-order valence-corrected chi connectivity index (χ1v) is 10.3. The van der Waals surface area contributed by atoms with Gasteiger partial charge in [0.05, 0.1) is 0 Å². The van der Waals surface area contributed by atoms with Crippen molar-refractivity contribution >= 4 is 46.0 Å². The van der Waals surface area contributed by atoms with Gasteiger partial charge in [0.15, 0.2) is 0 Å². The standard InChI is InChI=1S/C20H19Cl2N3OS/c1-2-3-11-25(12-16-17(21)5-4-6-18(16)22)20-24-23-19(27-20)15-9-7-14(13-26)8-10-15/h4-10,13H,2-3,11-12H2,1H3. The number of carbonyl (C=O) groups excluding carboxylic acids is 1. The van der Waals surface area contributed by atoms with E-state index in [0.717, 1.165) is 46.9 Å². The third-order valence-electron chi connectivity index (χ3n) is 4.17. The van der Waals surface area contributed by atoms with Gasteiger partial charge in [-0.1, -0.05) is 78.2 Å². The van der Waals surface area contributed by atoms with Crippen LogP contribution in [0.2, 0.25) is 10.0 Å². The summed E-state index contributed by atoms with van der Waals surface area (Å²) in [5.74, 6) is 0. The topological polar surface area (TPSA) is 46.1 Å². The van der Waals surface area contributed by atoms with Gasteiger partial charge in [-0.2, -0.15) is 0 Å². The molecule has 0 radical (unpaired) electrons. The summed E-state index contributed by atoms with van der Waals surface area (Å²) in [7, 11) is 0. The lowest BCUT2D eigenvalue weighted by molar-refractivity contribution is 0.112. The molecule has 0 aliphatic rings. The van der Waals surface area contributed by atoms with E-state index in [9.17, 15) is 4.79 Å². The molecule has 0 fully saturated rings. The van der Waals surface area contributed by atoms with Crippen molar-refractivity contribution in [3.63, 3.8) is 0 Å². The number of unbranched alkanes of at least 4 members (excludes halogenated alkanes) is 1. The molecule has 0 aliphatic carbocycles. The van der Waals surface area contributed by atoms with E-state index in [1.165, 1.54) is 11.3 Å². The highest BCUT2D eigenvalue weighted by atomic mass is 35.5. The van der Waals surface area contributed by atoms with Crippen LogP contribution in [0.25, 0.3) is 10.6 Å².